The van der Waals surface area contributed by atoms with E-state index in [9.17, 15) is 0 Å². The summed E-state index contributed by atoms with van der Waals surface area (Å²) in [6.45, 7) is 8.70. The Bertz CT molecular complexity index is 1910. The molecule has 0 aliphatic heterocycles. The number of thiophene rings is 2. The zero-order chi connectivity index (χ0) is 35.0. The van der Waals surface area contributed by atoms with Crippen molar-refractivity contribution in [2.75, 3.05) is 11.5 Å². The summed E-state index contributed by atoms with van der Waals surface area (Å²) in [6.07, 6.45) is 6.40. The third-order valence-electron chi connectivity index (χ3n) is 8.97. The van der Waals surface area contributed by atoms with Crippen LogP contribution in [0, 0.1) is 0 Å². The molecule has 2 atom stereocenters. The van der Waals surface area contributed by atoms with Gasteiger partial charge in [0.05, 0.1) is 9.40 Å². The molecule has 2 nitrogen and oxygen atoms in total. The first-order valence-corrected chi connectivity index (χ1v) is 22.1. The number of hydrogen-bond donors (Lipinski definition) is 0. The molecule has 6 rings (SSSR count). The van der Waals surface area contributed by atoms with Crippen LogP contribution in [0.5, 0.6) is 0 Å². The van der Waals surface area contributed by atoms with E-state index < -0.39 is 0 Å². The summed E-state index contributed by atoms with van der Waals surface area (Å²) in [5.74, 6) is 2.04. The van der Waals surface area contributed by atoms with Gasteiger partial charge in [0, 0.05) is 31.7 Å². The maximum Gasteiger partial charge on any atom is 0.220 e. The number of fused-ring (bicyclic) bond motifs is 5. The van der Waals surface area contributed by atoms with Gasteiger partial charge < -0.3 is 9.47 Å². The average Bonchev–Trinajstić information content (AvgIpc) is 3.68. The van der Waals surface area contributed by atoms with E-state index in [0.29, 0.717) is 8.77 Å². The SMILES string of the molecule is CCCCSC(=S)OC(CC)c1ccc(-c2ccc3c(c2)sc2c4ccc(-c5ccc(C(CC)OC(=S)SCCCC)cc5)cc4sc32)cc1. The fourth-order valence-electron chi connectivity index (χ4n) is 6.07. The first kappa shape index (κ1) is 37.3. The Balaban J connectivity index is 1.17. The second-order valence-electron chi connectivity index (χ2n) is 12.5. The Morgan fingerprint density at radius 2 is 0.940 bits per heavy atom. The normalized spacial score (nSPS) is 12.8. The van der Waals surface area contributed by atoms with E-state index in [1.54, 1.807) is 23.5 Å². The van der Waals surface area contributed by atoms with E-state index in [1.165, 1.54) is 75.8 Å². The lowest BCUT2D eigenvalue weighted by Gasteiger charge is -2.18. The van der Waals surface area contributed by atoms with Crippen molar-refractivity contribution in [3.05, 3.63) is 96.1 Å². The molecule has 0 aliphatic rings. The van der Waals surface area contributed by atoms with Crippen molar-refractivity contribution in [2.45, 2.75) is 78.4 Å². The van der Waals surface area contributed by atoms with Crippen LogP contribution in [0.25, 0.3) is 51.8 Å². The van der Waals surface area contributed by atoms with Crippen LogP contribution >= 0.6 is 70.6 Å². The quantitative estimate of drug-likeness (QED) is 0.0805. The molecule has 0 aliphatic carbocycles. The molecule has 2 heterocycles. The third kappa shape index (κ3) is 8.76. The molecule has 0 spiro atoms. The van der Waals surface area contributed by atoms with Gasteiger partial charge in [0.15, 0.2) is 0 Å². The molecule has 6 aromatic rings. The van der Waals surface area contributed by atoms with E-state index in [1.807, 2.05) is 22.7 Å². The number of thiocarbonyl (C=S) groups is 2. The van der Waals surface area contributed by atoms with Crippen molar-refractivity contribution in [3.63, 3.8) is 0 Å². The maximum absolute atomic E-state index is 6.16. The van der Waals surface area contributed by atoms with Gasteiger partial charge in [-0.2, -0.15) is 0 Å². The average molecular weight is 773 g/mol. The molecule has 50 heavy (non-hydrogen) atoms. The zero-order valence-corrected chi connectivity index (χ0v) is 34.1. The van der Waals surface area contributed by atoms with E-state index in [4.69, 9.17) is 33.9 Å². The predicted octanol–water partition coefficient (Wildman–Crippen LogP) is 15.2. The van der Waals surface area contributed by atoms with Crippen LogP contribution in [0.1, 0.15) is 89.6 Å². The number of thioether (sulfide) groups is 2. The summed E-state index contributed by atoms with van der Waals surface area (Å²) in [5, 5.41) is 2.67. The topological polar surface area (TPSA) is 18.5 Å². The van der Waals surface area contributed by atoms with Crippen LogP contribution in [-0.2, 0) is 9.47 Å². The standard InChI is InChI=1S/C42H44O2S6/c1-5-9-23-47-41(45)43-35(7-3)29-15-11-27(12-16-29)31-19-21-33-37(25-31)49-40-34-22-20-32(26-38(34)50-39(33)40)28-13-17-30(18-14-28)36(8-4)44-42(46)48-24-10-6-2/h11-22,25-26,35-36H,5-10,23-24H2,1-4H3. The highest BCUT2D eigenvalue weighted by Crippen LogP contribution is 2.46. The Kier molecular flexibility index (Phi) is 13.3. The Hall–Kier alpha value is -2.46. The van der Waals surface area contributed by atoms with Gasteiger partial charge in [0.25, 0.3) is 0 Å². The number of ether oxygens (including phenoxy) is 2. The van der Waals surface area contributed by atoms with E-state index in [2.05, 4.69) is 113 Å². The van der Waals surface area contributed by atoms with Gasteiger partial charge in [-0.05, 0) is 95.6 Å². The van der Waals surface area contributed by atoms with Crippen molar-refractivity contribution >= 4 is 109 Å². The minimum atomic E-state index is -0.0121. The summed E-state index contributed by atoms with van der Waals surface area (Å²) in [6, 6.07) is 31.5. The highest BCUT2D eigenvalue weighted by molar-refractivity contribution is 8.22. The number of rotatable bonds is 14. The van der Waals surface area contributed by atoms with Gasteiger partial charge >= 0.3 is 0 Å². The van der Waals surface area contributed by atoms with Crippen molar-refractivity contribution < 1.29 is 9.47 Å². The zero-order valence-electron chi connectivity index (χ0n) is 29.2. The van der Waals surface area contributed by atoms with Crippen LogP contribution < -0.4 is 0 Å². The van der Waals surface area contributed by atoms with Crippen molar-refractivity contribution in [2.24, 2.45) is 0 Å². The largest absolute Gasteiger partial charge is 0.470 e. The van der Waals surface area contributed by atoms with Gasteiger partial charge in [0.2, 0.25) is 8.77 Å². The molecule has 260 valence electrons. The van der Waals surface area contributed by atoms with Gasteiger partial charge in [0.1, 0.15) is 12.2 Å². The Morgan fingerprint density at radius 3 is 1.30 bits per heavy atom. The molecule has 4 aromatic carbocycles. The molecule has 0 saturated carbocycles. The molecule has 0 fully saturated rings. The van der Waals surface area contributed by atoms with E-state index in [0.717, 1.165) is 37.2 Å². The fraction of sp³-hybridized carbons (Fsp3) is 0.333. The molecule has 0 bridgehead atoms. The summed E-state index contributed by atoms with van der Waals surface area (Å²) in [4.78, 5) is 0. The van der Waals surface area contributed by atoms with E-state index in [-0.39, 0.29) is 12.2 Å². The highest BCUT2D eigenvalue weighted by atomic mass is 32.2. The first-order chi connectivity index (χ1) is 24.4. The van der Waals surface area contributed by atoms with E-state index >= 15 is 0 Å². The number of unbranched alkanes of at least 4 members (excludes halogenated alkanes) is 2. The third-order valence-corrected chi connectivity index (χ3v) is 14.0. The summed E-state index contributed by atoms with van der Waals surface area (Å²) < 4.78 is 19.0. The van der Waals surface area contributed by atoms with Crippen LogP contribution in [-0.4, -0.2) is 20.3 Å². The summed E-state index contributed by atoms with van der Waals surface area (Å²) >= 11 is 18.1. The fourth-order valence-corrected chi connectivity index (χ4v) is 11.1. The summed E-state index contributed by atoms with van der Waals surface area (Å²) in [5.41, 5.74) is 7.25. The predicted molar refractivity (Wildman–Crippen MR) is 234 cm³/mol. The van der Waals surface area contributed by atoms with Crippen molar-refractivity contribution in [1.29, 1.82) is 0 Å². The van der Waals surface area contributed by atoms with Crippen LogP contribution in [0.15, 0.2) is 84.9 Å². The second-order valence-corrected chi connectivity index (χ2v) is 18.0. The summed E-state index contributed by atoms with van der Waals surface area (Å²) in [7, 11) is 0. The van der Waals surface area contributed by atoms with Crippen molar-refractivity contribution in [3.8, 4) is 22.3 Å². The lowest BCUT2D eigenvalue weighted by molar-refractivity contribution is 0.200. The molecule has 2 aromatic heterocycles. The number of hydrogen-bond acceptors (Lipinski definition) is 8. The highest BCUT2D eigenvalue weighted by Gasteiger charge is 2.17. The lowest BCUT2D eigenvalue weighted by atomic mass is 10.00. The molecule has 0 amide bonds. The Labute approximate surface area is 324 Å². The molecule has 0 saturated heterocycles. The smallest absolute Gasteiger partial charge is 0.220 e. The minimum Gasteiger partial charge on any atom is -0.470 e. The molecular weight excluding hydrogens is 729 g/mol. The maximum atomic E-state index is 6.16. The van der Waals surface area contributed by atoms with Gasteiger partial charge in [-0.3, -0.25) is 0 Å². The molecule has 0 N–H and O–H groups in total. The molecule has 0 radical (unpaired) electrons. The molecule has 8 heteroatoms. The minimum absolute atomic E-state index is 0.0121. The van der Waals surface area contributed by atoms with Crippen LogP contribution in [0.4, 0.5) is 0 Å². The monoisotopic (exact) mass is 772 g/mol. The molecular formula is C42H44O2S6. The van der Waals surface area contributed by atoms with Crippen LogP contribution in [0.3, 0.4) is 0 Å². The Morgan fingerprint density at radius 1 is 0.560 bits per heavy atom. The lowest BCUT2D eigenvalue weighted by Crippen LogP contribution is -2.07. The van der Waals surface area contributed by atoms with Crippen molar-refractivity contribution in [1.82, 2.24) is 0 Å². The first-order valence-electron chi connectivity index (χ1n) is 17.7. The van der Waals surface area contributed by atoms with Crippen LogP contribution in [0.2, 0.25) is 0 Å². The van der Waals surface area contributed by atoms with Gasteiger partial charge in [-0.1, -0.05) is 137 Å². The number of benzene rings is 4. The van der Waals surface area contributed by atoms with Gasteiger partial charge in [-0.15, -0.1) is 22.7 Å². The second kappa shape index (κ2) is 17.8. The van der Waals surface area contributed by atoms with Gasteiger partial charge in [-0.25, -0.2) is 0 Å². The molecule has 2 unspecified atom stereocenters.